The second-order valence-electron chi connectivity index (χ2n) is 4.41. The quantitative estimate of drug-likeness (QED) is 0.529. The van der Waals surface area contributed by atoms with Gasteiger partial charge in [-0.25, -0.2) is 4.79 Å². The highest BCUT2D eigenvalue weighted by molar-refractivity contribution is 5.83. The Balaban J connectivity index is 1.92. The van der Waals surface area contributed by atoms with E-state index in [0.29, 0.717) is 12.8 Å². The molecule has 4 atom stereocenters. The number of β-amino-alcohol motifs (C(OH)–C–C–N with tert-alkyl or cyclic N) is 2. The van der Waals surface area contributed by atoms with Crippen molar-refractivity contribution in [3.63, 3.8) is 0 Å². The Hall–Kier alpha value is -1.18. The molecule has 0 aliphatic carbocycles. The molecule has 0 radical (unpaired) electrons. The monoisotopic (exact) mass is 245 g/mol. The summed E-state index contributed by atoms with van der Waals surface area (Å²) >= 11 is 0. The van der Waals surface area contributed by atoms with Crippen LogP contribution >= 0.6 is 0 Å². The molecule has 17 heavy (non-hydrogen) atoms. The van der Waals surface area contributed by atoms with Crippen molar-refractivity contribution >= 4 is 11.9 Å². The second kappa shape index (κ2) is 4.59. The Kier molecular flexibility index (Phi) is 3.32. The van der Waals surface area contributed by atoms with Crippen molar-refractivity contribution in [2.75, 3.05) is 13.1 Å². The third-order valence-electron chi connectivity index (χ3n) is 3.14. The maximum absolute atomic E-state index is 11.9. The molecule has 96 valence electrons. The number of likely N-dealkylation sites (tertiary alicyclic amines) is 1. The van der Waals surface area contributed by atoms with Crippen LogP contribution in [0.15, 0.2) is 0 Å². The van der Waals surface area contributed by atoms with Crippen LogP contribution in [0.25, 0.3) is 0 Å². The van der Waals surface area contributed by atoms with Crippen molar-refractivity contribution in [2.24, 2.45) is 0 Å². The topological polar surface area (TPSA) is 107 Å². The predicted octanol–water partition coefficient (Wildman–Crippen LogP) is -1.82. The van der Waals surface area contributed by atoms with E-state index in [1.807, 2.05) is 0 Å². The number of amides is 1. The van der Waals surface area contributed by atoms with Gasteiger partial charge in [-0.05, 0) is 12.8 Å². The molecule has 0 spiro atoms. The van der Waals surface area contributed by atoms with Gasteiger partial charge in [0.05, 0.1) is 12.2 Å². The van der Waals surface area contributed by atoms with Gasteiger partial charge in [-0.2, -0.15) is 0 Å². The van der Waals surface area contributed by atoms with Crippen molar-refractivity contribution in [1.82, 2.24) is 4.90 Å². The SMILES string of the molecule is O=C(O)[C@H]1CC[C@@H](C(=O)N2CC(O)C(O)C2)O1. The summed E-state index contributed by atoms with van der Waals surface area (Å²) in [6.07, 6.45) is -2.90. The van der Waals surface area contributed by atoms with Crippen LogP contribution in [-0.2, 0) is 14.3 Å². The van der Waals surface area contributed by atoms with E-state index in [1.54, 1.807) is 0 Å². The number of carbonyl (C=O) groups excluding carboxylic acids is 1. The van der Waals surface area contributed by atoms with E-state index in [0.717, 1.165) is 0 Å². The van der Waals surface area contributed by atoms with E-state index in [1.165, 1.54) is 4.90 Å². The van der Waals surface area contributed by atoms with Crippen LogP contribution in [0.1, 0.15) is 12.8 Å². The molecule has 2 unspecified atom stereocenters. The molecule has 2 aliphatic rings. The Labute approximate surface area is 97.6 Å². The number of aliphatic hydroxyl groups is 2. The van der Waals surface area contributed by atoms with E-state index in [-0.39, 0.29) is 19.0 Å². The Morgan fingerprint density at radius 3 is 2.06 bits per heavy atom. The molecule has 7 heteroatoms. The van der Waals surface area contributed by atoms with Gasteiger partial charge < -0.3 is 25.0 Å². The zero-order valence-corrected chi connectivity index (χ0v) is 9.15. The van der Waals surface area contributed by atoms with Gasteiger partial charge in [-0.3, -0.25) is 4.79 Å². The summed E-state index contributed by atoms with van der Waals surface area (Å²) in [6.45, 7) is 0.134. The highest BCUT2D eigenvalue weighted by Gasteiger charge is 2.40. The van der Waals surface area contributed by atoms with Crippen molar-refractivity contribution < 1.29 is 29.6 Å². The number of ether oxygens (including phenoxy) is 1. The lowest BCUT2D eigenvalue weighted by Gasteiger charge is -2.19. The second-order valence-corrected chi connectivity index (χ2v) is 4.41. The molecule has 2 fully saturated rings. The van der Waals surface area contributed by atoms with Crippen LogP contribution in [0.2, 0.25) is 0 Å². The van der Waals surface area contributed by atoms with Gasteiger partial charge in [0.2, 0.25) is 0 Å². The van der Waals surface area contributed by atoms with Gasteiger partial charge in [0.15, 0.2) is 6.10 Å². The minimum atomic E-state index is -1.07. The van der Waals surface area contributed by atoms with Gasteiger partial charge in [-0.1, -0.05) is 0 Å². The molecule has 0 aromatic heterocycles. The third-order valence-corrected chi connectivity index (χ3v) is 3.14. The number of carboxylic acids is 1. The maximum Gasteiger partial charge on any atom is 0.332 e. The van der Waals surface area contributed by atoms with Crippen LogP contribution in [0.3, 0.4) is 0 Å². The molecule has 0 aromatic rings. The van der Waals surface area contributed by atoms with E-state index >= 15 is 0 Å². The van der Waals surface area contributed by atoms with Crippen molar-refractivity contribution in [3.05, 3.63) is 0 Å². The lowest BCUT2D eigenvalue weighted by molar-refractivity contribution is -0.154. The van der Waals surface area contributed by atoms with E-state index < -0.39 is 30.4 Å². The lowest BCUT2D eigenvalue weighted by atomic mass is 10.2. The molecule has 0 bridgehead atoms. The molecule has 1 amide bonds. The number of carboxylic acid groups (broad SMARTS) is 1. The smallest absolute Gasteiger partial charge is 0.332 e. The maximum atomic E-state index is 11.9. The van der Waals surface area contributed by atoms with Crippen LogP contribution < -0.4 is 0 Å². The van der Waals surface area contributed by atoms with Crippen LogP contribution in [-0.4, -0.2) is 69.6 Å². The van der Waals surface area contributed by atoms with Crippen molar-refractivity contribution in [1.29, 1.82) is 0 Å². The van der Waals surface area contributed by atoms with Crippen LogP contribution in [0.5, 0.6) is 0 Å². The van der Waals surface area contributed by atoms with Gasteiger partial charge in [0, 0.05) is 13.1 Å². The summed E-state index contributed by atoms with van der Waals surface area (Å²) in [5.74, 6) is -1.42. The first-order chi connectivity index (χ1) is 7.99. The minimum Gasteiger partial charge on any atom is -0.479 e. The Morgan fingerprint density at radius 1 is 1.06 bits per heavy atom. The van der Waals surface area contributed by atoms with Gasteiger partial charge in [0.25, 0.3) is 5.91 Å². The fourth-order valence-corrected chi connectivity index (χ4v) is 2.15. The first-order valence-corrected chi connectivity index (χ1v) is 5.52. The molecule has 2 saturated heterocycles. The molecule has 2 rings (SSSR count). The summed E-state index contributed by atoms with van der Waals surface area (Å²) in [6, 6.07) is 0. The first kappa shape index (κ1) is 12.3. The molecule has 2 heterocycles. The summed E-state index contributed by atoms with van der Waals surface area (Å²) in [7, 11) is 0. The van der Waals surface area contributed by atoms with Crippen molar-refractivity contribution in [3.8, 4) is 0 Å². The number of hydrogen-bond acceptors (Lipinski definition) is 5. The molecular weight excluding hydrogens is 230 g/mol. The standard InChI is InChI=1S/C10H15NO6/c12-5-3-11(4-6(5)13)9(14)7-1-2-8(17-7)10(15)16/h5-8,12-13H,1-4H2,(H,15,16)/t5?,6?,7-,8+/m0/s1. The number of nitrogens with zero attached hydrogens (tertiary/aromatic N) is 1. The third kappa shape index (κ3) is 2.41. The number of rotatable bonds is 2. The predicted molar refractivity (Wildman–Crippen MR) is 54.1 cm³/mol. The summed E-state index contributed by atoms with van der Waals surface area (Å²) < 4.78 is 5.11. The lowest BCUT2D eigenvalue weighted by Crippen LogP contribution is -2.39. The van der Waals surface area contributed by atoms with E-state index in [9.17, 15) is 19.8 Å². The molecular formula is C10H15NO6. The fraction of sp³-hybridized carbons (Fsp3) is 0.800. The number of aliphatic hydroxyl groups excluding tert-OH is 2. The average molecular weight is 245 g/mol. The highest BCUT2D eigenvalue weighted by Crippen LogP contribution is 2.23. The van der Waals surface area contributed by atoms with Crippen LogP contribution in [0, 0.1) is 0 Å². The molecule has 0 aromatic carbocycles. The van der Waals surface area contributed by atoms with Crippen LogP contribution in [0.4, 0.5) is 0 Å². The normalized spacial score (nSPS) is 37.4. The summed E-state index contributed by atoms with van der Waals surface area (Å²) in [5.41, 5.74) is 0. The number of hydrogen-bond donors (Lipinski definition) is 3. The van der Waals surface area contributed by atoms with E-state index in [2.05, 4.69) is 0 Å². The largest absolute Gasteiger partial charge is 0.479 e. The summed E-state index contributed by atoms with van der Waals surface area (Å²) in [4.78, 5) is 23.9. The number of carbonyl (C=O) groups is 2. The van der Waals surface area contributed by atoms with E-state index in [4.69, 9.17) is 9.84 Å². The Bertz CT molecular complexity index is 323. The fourth-order valence-electron chi connectivity index (χ4n) is 2.15. The molecule has 7 nitrogen and oxygen atoms in total. The van der Waals surface area contributed by atoms with Crippen molar-refractivity contribution in [2.45, 2.75) is 37.3 Å². The minimum absolute atomic E-state index is 0.0671. The highest BCUT2D eigenvalue weighted by atomic mass is 16.5. The Morgan fingerprint density at radius 2 is 1.59 bits per heavy atom. The number of aliphatic carboxylic acids is 1. The zero-order valence-electron chi connectivity index (χ0n) is 9.15. The molecule has 0 saturated carbocycles. The average Bonchev–Trinajstić information content (AvgIpc) is 2.86. The summed E-state index contributed by atoms with van der Waals surface area (Å²) in [5, 5.41) is 27.4. The van der Waals surface area contributed by atoms with Gasteiger partial charge in [0.1, 0.15) is 6.10 Å². The van der Waals surface area contributed by atoms with Gasteiger partial charge in [-0.15, -0.1) is 0 Å². The molecule has 2 aliphatic heterocycles. The first-order valence-electron chi connectivity index (χ1n) is 5.52. The zero-order chi connectivity index (χ0) is 12.6. The van der Waals surface area contributed by atoms with Gasteiger partial charge >= 0.3 is 5.97 Å². The molecule has 3 N–H and O–H groups in total.